The minimum atomic E-state index is -3.81. The van der Waals surface area contributed by atoms with Crippen molar-refractivity contribution in [3.8, 4) is 5.75 Å². The van der Waals surface area contributed by atoms with E-state index in [1.165, 1.54) is 42.6 Å². The van der Waals surface area contributed by atoms with E-state index < -0.39 is 27.3 Å². The van der Waals surface area contributed by atoms with Crippen LogP contribution in [-0.2, 0) is 29.5 Å². The number of azo groups is 1. The predicted octanol–water partition coefficient (Wildman–Crippen LogP) is 1.73. The summed E-state index contributed by atoms with van der Waals surface area (Å²) in [5.74, 6) is -2.09. The van der Waals surface area contributed by atoms with Crippen LogP contribution in [0.3, 0.4) is 0 Å². The molecule has 0 fully saturated rings. The number of aromatic carboxylic acids is 1. The molecule has 3 rings (SSSR count). The zero-order chi connectivity index (χ0) is 20.1. The number of sulfonamides is 1. The molecule has 0 saturated heterocycles. The number of pyridine rings is 1. The minimum Gasteiger partial charge on any atom is -0.872 e. The first-order valence-corrected chi connectivity index (χ1v) is 9.31. The Hall–Kier alpha value is -3.17. The molecule has 1 heterocycles. The van der Waals surface area contributed by atoms with Crippen LogP contribution < -0.4 is 14.9 Å². The summed E-state index contributed by atoms with van der Waals surface area (Å²) in [4.78, 5) is 14.8. The second-order valence-corrected chi connectivity index (χ2v) is 7.16. The van der Waals surface area contributed by atoms with Gasteiger partial charge in [-0.1, -0.05) is 17.9 Å². The van der Waals surface area contributed by atoms with E-state index in [0.29, 0.717) is 5.69 Å². The Balaban J connectivity index is 0.00000300. The van der Waals surface area contributed by atoms with Gasteiger partial charge in [-0.15, -0.1) is 0 Å². The summed E-state index contributed by atoms with van der Waals surface area (Å²) < 4.78 is 27.0. The van der Waals surface area contributed by atoms with Gasteiger partial charge >= 0.3 is 19.5 Å². The van der Waals surface area contributed by atoms with E-state index in [-0.39, 0.29) is 35.9 Å². The molecule has 1 N–H and O–H groups in total. The molecule has 0 saturated carbocycles. The number of hydrogen-bond donors (Lipinski definition) is 1. The summed E-state index contributed by atoms with van der Waals surface area (Å²) >= 11 is 0. The zero-order valence-corrected chi connectivity index (χ0v) is 18.6. The third-order valence-electron chi connectivity index (χ3n) is 3.51. The Kier molecular flexibility index (Phi) is 7.14. The van der Waals surface area contributed by atoms with Crippen LogP contribution in [0, 0.1) is 0 Å². The molecule has 0 spiro atoms. The van der Waals surface area contributed by atoms with Crippen molar-refractivity contribution in [1.29, 1.82) is 0 Å². The van der Waals surface area contributed by atoms with Crippen LogP contribution in [0.1, 0.15) is 10.4 Å². The normalized spacial score (nSPS) is 11.0. The van der Waals surface area contributed by atoms with Crippen molar-refractivity contribution in [2.75, 3.05) is 4.72 Å². The van der Waals surface area contributed by atoms with Crippen molar-refractivity contribution in [3.05, 3.63) is 72.4 Å². The van der Waals surface area contributed by atoms with Crippen molar-refractivity contribution in [2.24, 2.45) is 10.2 Å². The van der Waals surface area contributed by atoms with Crippen LogP contribution in [0.15, 0.2) is 82.0 Å². The third-order valence-corrected chi connectivity index (χ3v) is 4.89. The molecule has 0 aliphatic heterocycles. The van der Waals surface area contributed by atoms with Gasteiger partial charge in [-0.05, 0) is 54.1 Å². The molecule has 0 radical (unpaired) electrons. The van der Waals surface area contributed by atoms with Crippen LogP contribution in [0.5, 0.6) is 5.75 Å². The second-order valence-electron chi connectivity index (χ2n) is 5.48. The van der Waals surface area contributed by atoms with Crippen molar-refractivity contribution in [3.63, 3.8) is 0 Å². The maximum atomic E-state index is 12.3. The average molecular weight is 462 g/mol. The van der Waals surface area contributed by atoms with Crippen LogP contribution in [-0.4, -0.2) is 19.4 Å². The largest absolute Gasteiger partial charge is 2.00 e. The van der Waals surface area contributed by atoms with E-state index >= 15 is 0 Å². The number of carbonyl (C=O) groups is 1. The first kappa shape index (κ1) is 22.1. The number of nitrogens with zero attached hydrogens (tertiary/aromatic N) is 3. The van der Waals surface area contributed by atoms with E-state index in [1.54, 1.807) is 12.1 Å². The summed E-state index contributed by atoms with van der Waals surface area (Å²) in [5, 5.41) is 30.0. The zero-order valence-electron chi connectivity index (χ0n) is 14.8. The molecule has 1 aromatic heterocycles. The van der Waals surface area contributed by atoms with Gasteiger partial charge in [0.15, 0.2) is 0 Å². The Bertz CT molecular complexity index is 1140. The van der Waals surface area contributed by atoms with Crippen molar-refractivity contribution in [2.45, 2.75) is 4.90 Å². The van der Waals surface area contributed by atoms with Crippen LogP contribution in [0.4, 0.5) is 17.2 Å². The SMILES string of the molecule is O=C([O-])c1cc(N=Nc2ccc(S(=O)(=O)Nc3ccccn3)cc2)ccc1[O-].[Zn+2]. The third kappa shape index (κ3) is 5.66. The van der Waals surface area contributed by atoms with E-state index in [9.17, 15) is 23.4 Å². The number of carboxylic acid groups (broad SMARTS) is 1. The monoisotopic (exact) mass is 460 g/mol. The number of hydrogen-bond acceptors (Lipinski definition) is 8. The molecule has 29 heavy (non-hydrogen) atoms. The van der Waals surface area contributed by atoms with Gasteiger partial charge in [-0.25, -0.2) is 13.4 Å². The number of benzene rings is 2. The average Bonchev–Trinajstić information content (AvgIpc) is 2.68. The van der Waals surface area contributed by atoms with Gasteiger partial charge in [0.1, 0.15) is 5.82 Å². The maximum Gasteiger partial charge on any atom is 2.00 e. The van der Waals surface area contributed by atoms with Gasteiger partial charge in [-0.3, -0.25) is 4.72 Å². The number of aromatic nitrogens is 1. The summed E-state index contributed by atoms with van der Waals surface area (Å²) in [5.41, 5.74) is -0.0382. The molecule has 0 amide bonds. The smallest absolute Gasteiger partial charge is 0.872 e. The quantitative estimate of drug-likeness (QED) is 0.436. The minimum absolute atomic E-state index is 0. The molecule has 2 aromatic carbocycles. The van der Waals surface area contributed by atoms with Gasteiger partial charge in [0, 0.05) is 6.20 Å². The molecule has 0 aliphatic rings. The number of carbonyl (C=O) groups excluding carboxylic acids is 1. The fourth-order valence-corrected chi connectivity index (χ4v) is 3.18. The van der Waals surface area contributed by atoms with Gasteiger partial charge in [0.25, 0.3) is 10.0 Å². The fourth-order valence-electron chi connectivity index (χ4n) is 2.17. The van der Waals surface area contributed by atoms with E-state index in [4.69, 9.17) is 0 Å². The molecular weight excluding hydrogens is 450 g/mol. The van der Waals surface area contributed by atoms with E-state index in [1.807, 2.05) is 0 Å². The standard InChI is InChI=1S/C18H14N4O5S.Zn/c23-16-9-6-13(11-15(16)18(24)25)21-20-12-4-7-14(8-5-12)28(26,27)22-17-3-1-2-10-19-17;/h1-11,23H,(H,19,22)(H,24,25);/q;+2/p-2. The Morgan fingerprint density at radius 1 is 0.966 bits per heavy atom. The molecule has 0 aliphatic carbocycles. The maximum absolute atomic E-state index is 12.3. The summed E-state index contributed by atoms with van der Waals surface area (Å²) in [7, 11) is -3.81. The summed E-state index contributed by atoms with van der Waals surface area (Å²) in [6, 6.07) is 13.8. The second kappa shape index (κ2) is 9.35. The molecule has 9 nitrogen and oxygen atoms in total. The summed E-state index contributed by atoms with van der Waals surface area (Å²) in [6.07, 6.45) is 1.46. The molecule has 11 heteroatoms. The van der Waals surface area contributed by atoms with Crippen LogP contribution in [0.2, 0.25) is 0 Å². The Morgan fingerprint density at radius 3 is 2.24 bits per heavy atom. The Morgan fingerprint density at radius 2 is 1.62 bits per heavy atom. The van der Waals surface area contributed by atoms with Crippen molar-refractivity contribution >= 4 is 33.2 Å². The van der Waals surface area contributed by atoms with Crippen LogP contribution >= 0.6 is 0 Å². The molecule has 3 aromatic rings. The van der Waals surface area contributed by atoms with Crippen molar-refractivity contribution < 1.29 is 42.9 Å². The topological polar surface area (TPSA) is 147 Å². The number of nitrogens with one attached hydrogen (secondary N) is 1. The van der Waals surface area contributed by atoms with E-state index in [0.717, 1.165) is 12.1 Å². The predicted molar refractivity (Wildman–Crippen MR) is 95.9 cm³/mol. The molecule has 0 bridgehead atoms. The van der Waals surface area contributed by atoms with E-state index in [2.05, 4.69) is 19.9 Å². The first-order chi connectivity index (χ1) is 13.3. The molecule has 142 valence electrons. The molecule has 0 atom stereocenters. The van der Waals surface area contributed by atoms with Gasteiger partial charge < -0.3 is 15.0 Å². The van der Waals surface area contributed by atoms with Gasteiger partial charge in [0.05, 0.1) is 22.2 Å². The molecule has 0 unspecified atom stereocenters. The number of rotatable bonds is 6. The van der Waals surface area contributed by atoms with Crippen LogP contribution in [0.25, 0.3) is 0 Å². The first-order valence-electron chi connectivity index (χ1n) is 7.83. The number of anilines is 1. The van der Waals surface area contributed by atoms with Gasteiger partial charge in [0.2, 0.25) is 0 Å². The molecular formula is C18H12N4O5SZn. The summed E-state index contributed by atoms with van der Waals surface area (Å²) in [6.45, 7) is 0. The van der Waals surface area contributed by atoms with Gasteiger partial charge in [-0.2, -0.15) is 10.2 Å². The fraction of sp³-hybridized carbons (Fsp3) is 0. The Labute approximate surface area is 179 Å². The van der Waals surface area contributed by atoms with Crippen molar-refractivity contribution in [1.82, 2.24) is 4.98 Å². The number of carboxylic acids is 1.